The maximum absolute atomic E-state index is 13.4. The van der Waals surface area contributed by atoms with E-state index in [1.807, 2.05) is 6.07 Å². The summed E-state index contributed by atoms with van der Waals surface area (Å²) in [5, 5.41) is 13.4. The van der Waals surface area contributed by atoms with Crippen LogP contribution in [0.4, 0.5) is 9.39 Å². The molecule has 5 nitrogen and oxygen atoms in total. The molecule has 0 atom stereocenters. The van der Waals surface area contributed by atoms with Gasteiger partial charge in [-0.2, -0.15) is 5.26 Å². The Morgan fingerprint density at radius 2 is 2.09 bits per heavy atom. The van der Waals surface area contributed by atoms with Crippen LogP contribution in [-0.4, -0.2) is 18.5 Å². The molecule has 0 unspecified atom stereocenters. The van der Waals surface area contributed by atoms with Gasteiger partial charge in [-0.25, -0.2) is 4.39 Å². The summed E-state index contributed by atoms with van der Waals surface area (Å²) in [6, 6.07) is 9.35. The molecule has 0 aliphatic rings. The van der Waals surface area contributed by atoms with E-state index >= 15 is 0 Å². The van der Waals surface area contributed by atoms with E-state index in [4.69, 9.17) is 10.00 Å². The summed E-state index contributed by atoms with van der Waals surface area (Å²) in [6.07, 6.45) is -0.248. The van der Waals surface area contributed by atoms with Crippen LogP contribution < -0.4 is 5.32 Å². The number of benzene rings is 1. The van der Waals surface area contributed by atoms with Crippen molar-refractivity contribution in [2.24, 2.45) is 0 Å². The molecule has 7 heteroatoms. The van der Waals surface area contributed by atoms with Crippen molar-refractivity contribution in [2.75, 3.05) is 11.9 Å². The Balaban J connectivity index is 1.83. The predicted molar refractivity (Wildman–Crippen MR) is 78.7 cm³/mol. The zero-order valence-electron chi connectivity index (χ0n) is 11.3. The Kier molecular flexibility index (Phi) is 5.22. The molecule has 0 aliphatic heterocycles. The Hall–Kier alpha value is -2.72. The summed E-state index contributed by atoms with van der Waals surface area (Å²) in [5.41, 5.74) is 0.550. The number of anilines is 1. The van der Waals surface area contributed by atoms with Crippen molar-refractivity contribution >= 4 is 28.2 Å². The molecule has 0 spiro atoms. The fraction of sp³-hybridized carbons (Fsp3) is 0.133. The van der Waals surface area contributed by atoms with E-state index < -0.39 is 24.3 Å². The third kappa shape index (κ3) is 4.14. The first-order valence-electron chi connectivity index (χ1n) is 6.26. The summed E-state index contributed by atoms with van der Waals surface area (Å²) in [5.74, 6) is -1.76. The van der Waals surface area contributed by atoms with Crippen molar-refractivity contribution in [3.05, 3.63) is 52.7 Å². The third-order valence-electron chi connectivity index (χ3n) is 2.70. The fourth-order valence-electron chi connectivity index (χ4n) is 1.65. The number of thiophene rings is 1. The van der Waals surface area contributed by atoms with Gasteiger partial charge in [0.2, 0.25) is 0 Å². The first kappa shape index (κ1) is 15.7. The number of carbonyl (C=O) groups excluding carboxylic acids is 2. The van der Waals surface area contributed by atoms with Gasteiger partial charge in [-0.05, 0) is 23.1 Å². The second kappa shape index (κ2) is 7.33. The number of esters is 1. The van der Waals surface area contributed by atoms with E-state index in [-0.39, 0.29) is 12.0 Å². The number of rotatable bonds is 5. The van der Waals surface area contributed by atoms with Crippen LogP contribution in [0.5, 0.6) is 0 Å². The van der Waals surface area contributed by atoms with Crippen molar-refractivity contribution in [2.45, 2.75) is 6.42 Å². The molecule has 0 aliphatic carbocycles. The lowest BCUT2D eigenvalue weighted by molar-refractivity contribution is -0.146. The van der Waals surface area contributed by atoms with E-state index in [1.54, 1.807) is 17.5 Å². The van der Waals surface area contributed by atoms with Crippen molar-refractivity contribution in [3.63, 3.8) is 0 Å². The van der Waals surface area contributed by atoms with Crippen LogP contribution >= 0.6 is 11.3 Å². The SMILES string of the molecule is N#Cc1ccsc1NC(=O)COC(=O)Cc1ccccc1F. The molecule has 0 saturated heterocycles. The molecule has 112 valence electrons. The maximum atomic E-state index is 13.4. The Bertz CT molecular complexity index is 720. The standard InChI is InChI=1S/C15H11FN2O3S/c16-12-4-2-1-3-10(12)7-14(20)21-9-13(19)18-15-11(8-17)5-6-22-15/h1-6H,7,9H2,(H,18,19). The maximum Gasteiger partial charge on any atom is 0.310 e. The highest BCUT2D eigenvalue weighted by molar-refractivity contribution is 7.14. The van der Waals surface area contributed by atoms with Gasteiger partial charge < -0.3 is 10.1 Å². The molecule has 1 heterocycles. The quantitative estimate of drug-likeness (QED) is 0.859. The number of amides is 1. The first-order valence-corrected chi connectivity index (χ1v) is 7.14. The van der Waals surface area contributed by atoms with Gasteiger partial charge in [0.1, 0.15) is 16.9 Å². The van der Waals surface area contributed by atoms with E-state index in [1.165, 1.54) is 29.5 Å². The minimum atomic E-state index is -0.702. The molecule has 2 rings (SSSR count). The minimum Gasteiger partial charge on any atom is -0.455 e. The topological polar surface area (TPSA) is 79.2 Å². The van der Waals surface area contributed by atoms with Crippen molar-refractivity contribution in [3.8, 4) is 6.07 Å². The van der Waals surface area contributed by atoms with Crippen LogP contribution in [0.25, 0.3) is 0 Å². The average Bonchev–Trinajstić information content (AvgIpc) is 2.94. The Morgan fingerprint density at radius 3 is 2.82 bits per heavy atom. The second-order valence-corrected chi connectivity index (χ2v) is 5.17. The molecule has 22 heavy (non-hydrogen) atoms. The number of ether oxygens (including phenoxy) is 1. The normalized spacial score (nSPS) is 9.82. The van der Waals surface area contributed by atoms with Crippen LogP contribution in [0, 0.1) is 17.1 Å². The van der Waals surface area contributed by atoms with Crippen molar-refractivity contribution in [1.29, 1.82) is 5.26 Å². The molecule has 0 fully saturated rings. The fourth-order valence-corrected chi connectivity index (χ4v) is 2.40. The van der Waals surface area contributed by atoms with E-state index in [2.05, 4.69) is 5.32 Å². The number of carbonyl (C=O) groups is 2. The van der Waals surface area contributed by atoms with Crippen molar-refractivity contribution < 1.29 is 18.7 Å². The monoisotopic (exact) mass is 318 g/mol. The molecule has 0 saturated carbocycles. The average molecular weight is 318 g/mol. The van der Waals surface area contributed by atoms with Crippen LogP contribution in [0.1, 0.15) is 11.1 Å². The summed E-state index contributed by atoms with van der Waals surface area (Å²) < 4.78 is 18.2. The molecular formula is C15H11FN2O3S. The van der Waals surface area contributed by atoms with Gasteiger partial charge in [-0.3, -0.25) is 9.59 Å². The number of nitriles is 1. The molecule has 1 N–H and O–H groups in total. The highest BCUT2D eigenvalue weighted by atomic mass is 32.1. The summed E-state index contributed by atoms with van der Waals surface area (Å²) in [7, 11) is 0. The number of halogens is 1. The second-order valence-electron chi connectivity index (χ2n) is 4.25. The number of nitrogens with zero attached hydrogens (tertiary/aromatic N) is 1. The summed E-state index contributed by atoms with van der Waals surface area (Å²) in [6.45, 7) is -0.490. The van der Waals surface area contributed by atoms with E-state index in [0.29, 0.717) is 10.6 Å². The van der Waals surface area contributed by atoms with Crippen LogP contribution in [0.2, 0.25) is 0 Å². The summed E-state index contributed by atoms with van der Waals surface area (Å²) in [4.78, 5) is 23.2. The molecule has 1 aromatic carbocycles. The zero-order valence-corrected chi connectivity index (χ0v) is 12.2. The molecule has 1 amide bonds. The van der Waals surface area contributed by atoms with Gasteiger partial charge in [0.05, 0.1) is 12.0 Å². The van der Waals surface area contributed by atoms with Gasteiger partial charge in [-0.15, -0.1) is 11.3 Å². The lowest BCUT2D eigenvalue weighted by Gasteiger charge is -2.06. The summed E-state index contributed by atoms with van der Waals surface area (Å²) >= 11 is 1.20. The van der Waals surface area contributed by atoms with Gasteiger partial charge in [0.25, 0.3) is 5.91 Å². The van der Waals surface area contributed by atoms with Gasteiger partial charge in [0, 0.05) is 0 Å². The molecular weight excluding hydrogens is 307 g/mol. The smallest absolute Gasteiger partial charge is 0.310 e. The van der Waals surface area contributed by atoms with E-state index in [9.17, 15) is 14.0 Å². The van der Waals surface area contributed by atoms with Crippen LogP contribution in [0.15, 0.2) is 35.7 Å². The van der Waals surface area contributed by atoms with Crippen molar-refractivity contribution in [1.82, 2.24) is 0 Å². The van der Waals surface area contributed by atoms with Gasteiger partial charge >= 0.3 is 5.97 Å². The van der Waals surface area contributed by atoms with E-state index in [0.717, 1.165) is 0 Å². The molecule has 0 bridgehead atoms. The molecule has 2 aromatic rings. The largest absolute Gasteiger partial charge is 0.455 e. The molecule has 1 aromatic heterocycles. The highest BCUT2D eigenvalue weighted by Crippen LogP contribution is 2.21. The third-order valence-corrected chi connectivity index (χ3v) is 3.53. The van der Waals surface area contributed by atoms with Crippen LogP contribution in [-0.2, 0) is 20.7 Å². The van der Waals surface area contributed by atoms with Crippen LogP contribution in [0.3, 0.4) is 0 Å². The minimum absolute atomic E-state index is 0.206. The molecule has 0 radical (unpaired) electrons. The first-order chi connectivity index (χ1) is 10.6. The Labute approximate surface area is 129 Å². The lowest BCUT2D eigenvalue weighted by atomic mass is 10.1. The van der Waals surface area contributed by atoms with Gasteiger partial charge in [-0.1, -0.05) is 18.2 Å². The lowest BCUT2D eigenvalue weighted by Crippen LogP contribution is -2.21. The highest BCUT2D eigenvalue weighted by Gasteiger charge is 2.13. The number of hydrogen-bond acceptors (Lipinski definition) is 5. The predicted octanol–water partition coefficient (Wildman–Crippen LogP) is 2.48. The Morgan fingerprint density at radius 1 is 1.32 bits per heavy atom. The number of hydrogen-bond donors (Lipinski definition) is 1. The number of nitrogens with one attached hydrogen (secondary N) is 1. The zero-order chi connectivity index (χ0) is 15.9. The van der Waals surface area contributed by atoms with Gasteiger partial charge in [0.15, 0.2) is 6.61 Å².